The van der Waals surface area contributed by atoms with Crippen molar-refractivity contribution < 1.29 is 0 Å². The van der Waals surface area contributed by atoms with Crippen molar-refractivity contribution in [3.8, 4) is 0 Å². The first-order valence-corrected chi connectivity index (χ1v) is 6.37. The molecule has 1 aromatic carbocycles. The van der Waals surface area contributed by atoms with E-state index in [1.54, 1.807) is 0 Å². The van der Waals surface area contributed by atoms with Gasteiger partial charge >= 0.3 is 0 Å². The van der Waals surface area contributed by atoms with Crippen LogP contribution in [0.2, 0.25) is 5.02 Å². The number of aryl methyl sites for hydroxylation is 1. The largest absolute Gasteiger partial charge is 0.399 e. The van der Waals surface area contributed by atoms with Crippen LogP contribution in [0.4, 0.5) is 11.4 Å². The zero-order valence-electron chi connectivity index (χ0n) is 9.72. The molecular formula is C13H19ClN2. The van der Waals surface area contributed by atoms with Crippen LogP contribution in [0.1, 0.15) is 37.7 Å². The second-order valence-corrected chi connectivity index (χ2v) is 5.08. The van der Waals surface area contributed by atoms with E-state index in [-0.39, 0.29) is 0 Å². The Morgan fingerprint density at radius 1 is 1.25 bits per heavy atom. The lowest BCUT2D eigenvalue weighted by atomic mass is 9.95. The number of rotatable bonds is 2. The quantitative estimate of drug-likeness (QED) is 0.765. The third kappa shape index (κ3) is 2.62. The van der Waals surface area contributed by atoms with E-state index in [1.165, 1.54) is 32.1 Å². The van der Waals surface area contributed by atoms with Gasteiger partial charge in [-0.3, -0.25) is 0 Å². The molecule has 1 fully saturated rings. The van der Waals surface area contributed by atoms with E-state index in [4.69, 9.17) is 17.3 Å². The van der Waals surface area contributed by atoms with Crippen molar-refractivity contribution in [1.82, 2.24) is 0 Å². The maximum absolute atomic E-state index is 6.21. The minimum atomic E-state index is 0.577. The highest BCUT2D eigenvalue weighted by Crippen LogP contribution is 2.31. The molecule has 0 spiro atoms. The van der Waals surface area contributed by atoms with Gasteiger partial charge in [0.25, 0.3) is 0 Å². The summed E-state index contributed by atoms with van der Waals surface area (Å²) in [6, 6.07) is 4.37. The third-order valence-electron chi connectivity index (χ3n) is 3.26. The summed E-state index contributed by atoms with van der Waals surface area (Å²) >= 11 is 6.21. The summed E-state index contributed by atoms with van der Waals surface area (Å²) in [6.07, 6.45) is 6.51. The van der Waals surface area contributed by atoms with E-state index >= 15 is 0 Å². The zero-order valence-corrected chi connectivity index (χ0v) is 10.5. The lowest BCUT2D eigenvalue weighted by Gasteiger charge is -2.25. The van der Waals surface area contributed by atoms with Crippen LogP contribution in [-0.4, -0.2) is 6.04 Å². The van der Waals surface area contributed by atoms with Crippen molar-refractivity contribution in [2.24, 2.45) is 0 Å². The Morgan fingerprint density at radius 3 is 2.56 bits per heavy atom. The average Bonchev–Trinajstić information content (AvgIpc) is 2.25. The van der Waals surface area contributed by atoms with Crippen LogP contribution in [0.3, 0.4) is 0 Å². The first-order valence-electron chi connectivity index (χ1n) is 5.99. The predicted octanol–water partition coefficient (Wildman–Crippen LogP) is 3.98. The van der Waals surface area contributed by atoms with Gasteiger partial charge in [0.05, 0.1) is 10.7 Å². The van der Waals surface area contributed by atoms with Crippen molar-refractivity contribution in [3.63, 3.8) is 0 Å². The summed E-state index contributed by atoms with van der Waals surface area (Å²) in [4.78, 5) is 0. The normalized spacial score (nSPS) is 17.4. The van der Waals surface area contributed by atoms with E-state index in [1.807, 2.05) is 19.1 Å². The Balaban J connectivity index is 2.14. The molecule has 1 aliphatic rings. The van der Waals surface area contributed by atoms with E-state index in [0.717, 1.165) is 22.0 Å². The van der Waals surface area contributed by atoms with Crippen LogP contribution in [0, 0.1) is 6.92 Å². The molecule has 0 bridgehead atoms. The minimum Gasteiger partial charge on any atom is -0.399 e. The summed E-state index contributed by atoms with van der Waals surface area (Å²) < 4.78 is 0. The van der Waals surface area contributed by atoms with Gasteiger partial charge in [-0.25, -0.2) is 0 Å². The number of nitrogens with one attached hydrogen (secondary N) is 1. The zero-order chi connectivity index (χ0) is 11.5. The Bertz CT molecular complexity index is 347. The summed E-state index contributed by atoms with van der Waals surface area (Å²) in [5.41, 5.74) is 8.68. The van der Waals surface area contributed by atoms with Gasteiger partial charge in [0.2, 0.25) is 0 Å². The van der Waals surface area contributed by atoms with Crippen molar-refractivity contribution in [1.29, 1.82) is 0 Å². The SMILES string of the molecule is Cc1cc(N)cc(Cl)c1NC1CCCCC1. The lowest BCUT2D eigenvalue weighted by molar-refractivity contribution is 0.462. The molecule has 2 nitrogen and oxygen atoms in total. The van der Waals surface area contributed by atoms with E-state index in [2.05, 4.69) is 5.32 Å². The van der Waals surface area contributed by atoms with Gasteiger partial charge < -0.3 is 11.1 Å². The lowest BCUT2D eigenvalue weighted by Crippen LogP contribution is -2.22. The van der Waals surface area contributed by atoms with Crippen LogP contribution in [0.5, 0.6) is 0 Å². The molecule has 0 amide bonds. The standard InChI is InChI=1S/C13H19ClN2/c1-9-7-10(15)8-12(14)13(9)16-11-5-3-2-4-6-11/h7-8,11,16H,2-6,15H2,1H3. The molecule has 0 aromatic heterocycles. The maximum atomic E-state index is 6.21. The highest BCUT2D eigenvalue weighted by atomic mass is 35.5. The molecule has 1 aromatic rings. The van der Waals surface area contributed by atoms with Gasteiger partial charge in [0.15, 0.2) is 0 Å². The van der Waals surface area contributed by atoms with E-state index < -0.39 is 0 Å². The number of hydrogen-bond donors (Lipinski definition) is 2. The van der Waals surface area contributed by atoms with Crippen LogP contribution < -0.4 is 11.1 Å². The predicted molar refractivity (Wildman–Crippen MR) is 71.1 cm³/mol. The smallest absolute Gasteiger partial charge is 0.0660 e. The number of halogens is 1. The topological polar surface area (TPSA) is 38.0 Å². The van der Waals surface area contributed by atoms with Gasteiger partial charge in [-0.15, -0.1) is 0 Å². The second kappa shape index (κ2) is 4.96. The van der Waals surface area contributed by atoms with Crippen molar-refractivity contribution in [2.45, 2.75) is 45.1 Å². The van der Waals surface area contributed by atoms with Crippen LogP contribution >= 0.6 is 11.6 Å². The van der Waals surface area contributed by atoms with Crippen LogP contribution in [0.25, 0.3) is 0 Å². The highest BCUT2D eigenvalue weighted by molar-refractivity contribution is 6.33. The molecule has 16 heavy (non-hydrogen) atoms. The van der Waals surface area contributed by atoms with Gasteiger partial charge in [0.1, 0.15) is 0 Å². The first kappa shape index (κ1) is 11.6. The third-order valence-corrected chi connectivity index (χ3v) is 3.56. The molecule has 3 N–H and O–H groups in total. The second-order valence-electron chi connectivity index (χ2n) is 4.67. The molecular weight excluding hydrogens is 220 g/mol. The molecule has 1 aliphatic carbocycles. The summed E-state index contributed by atoms with van der Waals surface area (Å²) in [5, 5.41) is 4.30. The molecule has 0 heterocycles. The summed E-state index contributed by atoms with van der Waals surface area (Å²) in [5.74, 6) is 0. The number of hydrogen-bond acceptors (Lipinski definition) is 2. The highest BCUT2D eigenvalue weighted by Gasteiger charge is 2.15. The number of nitrogen functional groups attached to an aromatic ring is 1. The number of nitrogens with two attached hydrogens (primary N) is 1. The van der Waals surface area contributed by atoms with E-state index in [0.29, 0.717) is 6.04 Å². The number of anilines is 2. The fourth-order valence-electron chi connectivity index (χ4n) is 2.40. The fourth-order valence-corrected chi connectivity index (χ4v) is 2.73. The fraction of sp³-hybridized carbons (Fsp3) is 0.538. The maximum Gasteiger partial charge on any atom is 0.0660 e. The summed E-state index contributed by atoms with van der Waals surface area (Å²) in [6.45, 7) is 2.05. The molecule has 3 heteroatoms. The van der Waals surface area contributed by atoms with E-state index in [9.17, 15) is 0 Å². The molecule has 0 radical (unpaired) electrons. The van der Waals surface area contributed by atoms with Crippen molar-refractivity contribution in [2.75, 3.05) is 11.1 Å². The molecule has 2 rings (SSSR count). The molecule has 0 aliphatic heterocycles. The average molecular weight is 239 g/mol. The van der Waals surface area contributed by atoms with Gasteiger partial charge in [-0.1, -0.05) is 30.9 Å². The monoisotopic (exact) mass is 238 g/mol. The van der Waals surface area contributed by atoms with Crippen molar-refractivity contribution >= 4 is 23.0 Å². The van der Waals surface area contributed by atoms with Crippen LogP contribution in [0.15, 0.2) is 12.1 Å². The Hall–Kier alpha value is -0.890. The van der Waals surface area contributed by atoms with Gasteiger partial charge in [0, 0.05) is 11.7 Å². The van der Waals surface area contributed by atoms with Crippen LogP contribution in [-0.2, 0) is 0 Å². The van der Waals surface area contributed by atoms with Crippen molar-refractivity contribution in [3.05, 3.63) is 22.7 Å². The summed E-state index contributed by atoms with van der Waals surface area (Å²) in [7, 11) is 0. The minimum absolute atomic E-state index is 0.577. The Morgan fingerprint density at radius 2 is 1.94 bits per heavy atom. The number of benzene rings is 1. The molecule has 0 unspecified atom stereocenters. The Labute approximate surface area is 102 Å². The van der Waals surface area contributed by atoms with Gasteiger partial charge in [-0.2, -0.15) is 0 Å². The molecule has 1 saturated carbocycles. The Kier molecular flexibility index (Phi) is 3.59. The van der Waals surface area contributed by atoms with Gasteiger partial charge in [-0.05, 0) is 37.5 Å². The molecule has 0 atom stereocenters. The molecule has 88 valence electrons. The first-order chi connectivity index (χ1) is 7.66. The molecule has 0 saturated heterocycles.